The fourth-order valence-corrected chi connectivity index (χ4v) is 3.02. The van der Waals surface area contributed by atoms with Crippen molar-refractivity contribution in [2.75, 3.05) is 19.6 Å². The summed E-state index contributed by atoms with van der Waals surface area (Å²) in [5.41, 5.74) is 6.33. The Hall–Kier alpha value is -0.0800. The summed E-state index contributed by atoms with van der Waals surface area (Å²) in [4.78, 5) is 2.67. The highest BCUT2D eigenvalue weighted by Gasteiger charge is 2.34. The molecule has 1 aliphatic heterocycles. The van der Waals surface area contributed by atoms with Crippen LogP contribution in [0.15, 0.2) is 0 Å². The molecule has 2 heteroatoms. The Morgan fingerprint density at radius 2 is 2.13 bits per heavy atom. The van der Waals surface area contributed by atoms with E-state index >= 15 is 0 Å². The fourth-order valence-electron chi connectivity index (χ4n) is 3.02. The Kier molecular flexibility index (Phi) is 5.07. The van der Waals surface area contributed by atoms with E-state index in [0.717, 1.165) is 12.5 Å². The number of hydrogen-bond acceptors (Lipinski definition) is 2. The average Bonchev–Trinajstić information content (AvgIpc) is 2.26. The first-order valence-corrected chi connectivity index (χ1v) is 6.63. The number of rotatable bonds is 5. The van der Waals surface area contributed by atoms with Crippen molar-refractivity contribution in [3.8, 4) is 0 Å². The third-order valence-electron chi connectivity index (χ3n) is 4.08. The molecule has 0 spiro atoms. The summed E-state index contributed by atoms with van der Waals surface area (Å²) in [7, 11) is 0. The molecule has 0 saturated carbocycles. The average molecular weight is 212 g/mol. The van der Waals surface area contributed by atoms with E-state index in [1.165, 1.54) is 45.2 Å². The second-order valence-corrected chi connectivity index (χ2v) is 5.23. The molecule has 0 radical (unpaired) electrons. The fraction of sp³-hybridized carbons (Fsp3) is 1.00. The van der Waals surface area contributed by atoms with E-state index in [9.17, 15) is 0 Å². The first-order valence-electron chi connectivity index (χ1n) is 6.63. The number of piperidine rings is 1. The molecule has 1 heterocycles. The van der Waals surface area contributed by atoms with Crippen LogP contribution in [0.25, 0.3) is 0 Å². The molecule has 1 fully saturated rings. The highest BCUT2D eigenvalue weighted by atomic mass is 15.2. The molecule has 2 N–H and O–H groups in total. The summed E-state index contributed by atoms with van der Waals surface area (Å²) < 4.78 is 0. The van der Waals surface area contributed by atoms with Crippen molar-refractivity contribution in [2.24, 2.45) is 11.7 Å². The van der Waals surface area contributed by atoms with Crippen molar-refractivity contribution in [1.29, 1.82) is 0 Å². The maximum Gasteiger partial charge on any atom is 0.0329 e. The van der Waals surface area contributed by atoms with Crippen LogP contribution in [0.3, 0.4) is 0 Å². The quantitative estimate of drug-likeness (QED) is 0.759. The van der Waals surface area contributed by atoms with Gasteiger partial charge in [0.2, 0.25) is 0 Å². The molecule has 2 nitrogen and oxygen atoms in total. The van der Waals surface area contributed by atoms with Crippen molar-refractivity contribution >= 4 is 0 Å². The molecule has 0 aromatic rings. The van der Waals surface area contributed by atoms with Crippen LogP contribution in [0.5, 0.6) is 0 Å². The highest BCUT2D eigenvalue weighted by Crippen LogP contribution is 2.29. The second kappa shape index (κ2) is 5.86. The summed E-state index contributed by atoms with van der Waals surface area (Å²) in [5.74, 6) is 0.855. The molecule has 0 aromatic heterocycles. The van der Waals surface area contributed by atoms with Gasteiger partial charge in [0.25, 0.3) is 0 Å². The number of likely N-dealkylation sites (tertiary alicyclic amines) is 1. The lowest BCUT2D eigenvalue weighted by Gasteiger charge is -2.46. The minimum atomic E-state index is 0.295. The van der Waals surface area contributed by atoms with Crippen molar-refractivity contribution in [3.05, 3.63) is 0 Å². The SMILES string of the molecule is CCCC(CC)(CN)N1CCCC(C)C1. The van der Waals surface area contributed by atoms with E-state index in [4.69, 9.17) is 5.73 Å². The van der Waals surface area contributed by atoms with Gasteiger partial charge in [0, 0.05) is 18.6 Å². The topological polar surface area (TPSA) is 29.3 Å². The molecule has 1 aliphatic rings. The van der Waals surface area contributed by atoms with E-state index in [1.807, 2.05) is 0 Å². The van der Waals surface area contributed by atoms with Crippen molar-refractivity contribution in [3.63, 3.8) is 0 Å². The van der Waals surface area contributed by atoms with Gasteiger partial charge < -0.3 is 5.73 Å². The molecule has 2 unspecified atom stereocenters. The first kappa shape index (κ1) is 13.0. The Morgan fingerprint density at radius 1 is 1.40 bits per heavy atom. The highest BCUT2D eigenvalue weighted by molar-refractivity contribution is 4.92. The van der Waals surface area contributed by atoms with E-state index in [0.29, 0.717) is 5.54 Å². The lowest BCUT2D eigenvalue weighted by Crippen LogP contribution is -2.56. The molecule has 0 aromatic carbocycles. The monoisotopic (exact) mass is 212 g/mol. The Morgan fingerprint density at radius 3 is 2.60 bits per heavy atom. The Labute approximate surface area is 95.2 Å². The zero-order chi connectivity index (χ0) is 11.3. The zero-order valence-electron chi connectivity index (χ0n) is 10.8. The molecule has 2 atom stereocenters. The summed E-state index contributed by atoms with van der Waals surface area (Å²) >= 11 is 0. The summed E-state index contributed by atoms with van der Waals surface area (Å²) in [6.45, 7) is 10.3. The molecule has 90 valence electrons. The summed E-state index contributed by atoms with van der Waals surface area (Å²) in [6, 6.07) is 0. The van der Waals surface area contributed by atoms with Gasteiger partial charge in [-0.1, -0.05) is 27.2 Å². The number of hydrogen-bond donors (Lipinski definition) is 1. The summed E-state index contributed by atoms with van der Waals surface area (Å²) in [6.07, 6.45) is 6.45. The van der Waals surface area contributed by atoms with Gasteiger partial charge in [-0.25, -0.2) is 0 Å². The van der Waals surface area contributed by atoms with Gasteiger partial charge in [-0.15, -0.1) is 0 Å². The van der Waals surface area contributed by atoms with E-state index in [2.05, 4.69) is 25.7 Å². The van der Waals surface area contributed by atoms with Crippen LogP contribution >= 0.6 is 0 Å². The molecule has 15 heavy (non-hydrogen) atoms. The van der Waals surface area contributed by atoms with Crippen LogP contribution in [0.2, 0.25) is 0 Å². The molecule has 1 saturated heterocycles. The molecule has 0 amide bonds. The van der Waals surface area contributed by atoms with Crippen molar-refractivity contribution < 1.29 is 0 Å². The Balaban J connectivity index is 2.68. The van der Waals surface area contributed by atoms with E-state index in [1.54, 1.807) is 0 Å². The maximum atomic E-state index is 6.04. The second-order valence-electron chi connectivity index (χ2n) is 5.23. The predicted octanol–water partition coefficient (Wildman–Crippen LogP) is 2.63. The van der Waals surface area contributed by atoms with Crippen LogP contribution < -0.4 is 5.73 Å². The van der Waals surface area contributed by atoms with Gasteiger partial charge in [-0.2, -0.15) is 0 Å². The molecule has 0 bridgehead atoms. The lowest BCUT2D eigenvalue weighted by atomic mass is 9.85. The van der Waals surface area contributed by atoms with Crippen molar-refractivity contribution in [2.45, 2.75) is 58.4 Å². The van der Waals surface area contributed by atoms with Gasteiger partial charge in [0.05, 0.1) is 0 Å². The van der Waals surface area contributed by atoms with E-state index < -0.39 is 0 Å². The smallest absolute Gasteiger partial charge is 0.0329 e. The molecular formula is C13H28N2. The number of nitrogens with zero attached hydrogens (tertiary/aromatic N) is 1. The van der Waals surface area contributed by atoms with Gasteiger partial charge in [-0.05, 0) is 38.1 Å². The van der Waals surface area contributed by atoms with Gasteiger partial charge in [0.15, 0.2) is 0 Å². The van der Waals surface area contributed by atoms with Crippen molar-refractivity contribution in [1.82, 2.24) is 4.90 Å². The van der Waals surface area contributed by atoms with Crippen LogP contribution in [0.4, 0.5) is 0 Å². The molecule has 1 rings (SSSR count). The summed E-state index contributed by atoms with van der Waals surface area (Å²) in [5, 5.41) is 0. The largest absolute Gasteiger partial charge is 0.329 e. The first-order chi connectivity index (χ1) is 7.18. The van der Waals surface area contributed by atoms with Crippen LogP contribution in [0, 0.1) is 5.92 Å². The lowest BCUT2D eigenvalue weighted by molar-refractivity contribution is 0.0408. The normalized spacial score (nSPS) is 27.6. The molecular weight excluding hydrogens is 184 g/mol. The van der Waals surface area contributed by atoms with E-state index in [-0.39, 0.29) is 0 Å². The third kappa shape index (κ3) is 2.94. The third-order valence-corrected chi connectivity index (χ3v) is 4.08. The minimum Gasteiger partial charge on any atom is -0.329 e. The van der Waals surface area contributed by atoms with Crippen LogP contribution in [-0.2, 0) is 0 Å². The Bertz CT molecular complexity index is 175. The standard InChI is InChI=1S/C13H28N2/c1-4-8-13(5-2,11-14)15-9-6-7-12(3)10-15/h12H,4-11,14H2,1-3H3. The number of nitrogens with two attached hydrogens (primary N) is 1. The maximum absolute atomic E-state index is 6.04. The van der Waals surface area contributed by atoms with Gasteiger partial charge >= 0.3 is 0 Å². The minimum absolute atomic E-state index is 0.295. The predicted molar refractivity (Wildman–Crippen MR) is 67.0 cm³/mol. The molecule has 0 aliphatic carbocycles. The van der Waals surface area contributed by atoms with Gasteiger partial charge in [-0.3, -0.25) is 4.90 Å². The van der Waals surface area contributed by atoms with Gasteiger partial charge in [0.1, 0.15) is 0 Å². The van der Waals surface area contributed by atoms with Crippen LogP contribution in [0.1, 0.15) is 52.9 Å². The zero-order valence-corrected chi connectivity index (χ0v) is 10.8. The van der Waals surface area contributed by atoms with Crippen LogP contribution in [-0.4, -0.2) is 30.1 Å².